The third-order valence-electron chi connectivity index (χ3n) is 2.43. The van der Waals surface area contributed by atoms with Crippen LogP contribution in [-0.2, 0) is 4.79 Å². The van der Waals surface area contributed by atoms with Crippen LogP contribution < -0.4 is 4.90 Å². The van der Waals surface area contributed by atoms with Gasteiger partial charge in [0.15, 0.2) is 0 Å². The second kappa shape index (κ2) is 3.56. The molecule has 0 N–H and O–H groups in total. The van der Waals surface area contributed by atoms with Gasteiger partial charge >= 0.3 is 0 Å². The van der Waals surface area contributed by atoms with Crippen molar-refractivity contribution in [2.75, 3.05) is 18.0 Å². The summed E-state index contributed by atoms with van der Waals surface area (Å²) in [5.41, 5.74) is 1.12. The fourth-order valence-electron chi connectivity index (χ4n) is 1.67. The Bertz CT molecular complexity index is 286. The number of aromatic nitrogens is 1. The van der Waals surface area contributed by atoms with E-state index in [9.17, 15) is 4.79 Å². The van der Waals surface area contributed by atoms with E-state index in [-0.39, 0.29) is 5.92 Å². The molecule has 0 amide bonds. The first kappa shape index (κ1) is 8.23. The molecule has 3 heteroatoms. The van der Waals surface area contributed by atoms with Gasteiger partial charge in [-0.2, -0.15) is 0 Å². The van der Waals surface area contributed by atoms with E-state index in [4.69, 9.17) is 0 Å². The van der Waals surface area contributed by atoms with E-state index < -0.39 is 0 Å². The summed E-state index contributed by atoms with van der Waals surface area (Å²) in [6, 6.07) is 3.95. The lowest BCUT2D eigenvalue weighted by Crippen LogP contribution is -2.19. The normalized spacial score (nSPS) is 21.8. The standard InChI is InChI=1S/C10H12N2O/c13-8-9-3-5-12(7-9)10-2-1-4-11-6-10/h1-2,4,6,8-9H,3,5,7H2. The number of rotatable bonds is 2. The third-order valence-corrected chi connectivity index (χ3v) is 2.43. The fraction of sp³-hybridized carbons (Fsp3) is 0.400. The van der Waals surface area contributed by atoms with Crippen molar-refractivity contribution in [1.82, 2.24) is 4.98 Å². The van der Waals surface area contributed by atoms with Gasteiger partial charge in [0, 0.05) is 25.2 Å². The van der Waals surface area contributed by atoms with Crippen LogP contribution in [0.3, 0.4) is 0 Å². The van der Waals surface area contributed by atoms with E-state index in [2.05, 4.69) is 9.88 Å². The van der Waals surface area contributed by atoms with Crippen molar-refractivity contribution in [2.24, 2.45) is 5.92 Å². The maximum atomic E-state index is 10.5. The molecular formula is C10H12N2O. The molecular weight excluding hydrogens is 164 g/mol. The quantitative estimate of drug-likeness (QED) is 0.633. The highest BCUT2D eigenvalue weighted by Gasteiger charge is 2.21. The number of nitrogens with zero attached hydrogens (tertiary/aromatic N) is 2. The molecule has 1 saturated heterocycles. The average molecular weight is 176 g/mol. The number of hydrogen-bond acceptors (Lipinski definition) is 3. The summed E-state index contributed by atoms with van der Waals surface area (Å²) in [5.74, 6) is 0.209. The van der Waals surface area contributed by atoms with E-state index in [1.165, 1.54) is 0 Å². The summed E-state index contributed by atoms with van der Waals surface area (Å²) in [4.78, 5) is 16.8. The fourth-order valence-corrected chi connectivity index (χ4v) is 1.67. The van der Waals surface area contributed by atoms with Gasteiger partial charge < -0.3 is 9.69 Å². The molecule has 0 aliphatic carbocycles. The van der Waals surface area contributed by atoms with Crippen LogP contribution in [0.5, 0.6) is 0 Å². The SMILES string of the molecule is O=CC1CCN(c2cccnc2)C1. The van der Waals surface area contributed by atoms with E-state index >= 15 is 0 Å². The zero-order valence-electron chi connectivity index (χ0n) is 7.39. The summed E-state index contributed by atoms with van der Waals surface area (Å²) in [5, 5.41) is 0. The number of pyridine rings is 1. The molecule has 1 aliphatic rings. The molecule has 1 atom stereocenters. The van der Waals surface area contributed by atoms with Crippen molar-refractivity contribution >= 4 is 12.0 Å². The molecule has 1 aromatic heterocycles. The highest BCUT2D eigenvalue weighted by Crippen LogP contribution is 2.21. The molecule has 68 valence electrons. The second-order valence-corrected chi connectivity index (χ2v) is 3.34. The van der Waals surface area contributed by atoms with Gasteiger partial charge in [0.05, 0.1) is 11.9 Å². The molecule has 3 nitrogen and oxygen atoms in total. The highest BCUT2D eigenvalue weighted by atomic mass is 16.1. The molecule has 0 spiro atoms. The van der Waals surface area contributed by atoms with Gasteiger partial charge in [-0.1, -0.05) is 0 Å². The first-order chi connectivity index (χ1) is 6.40. The minimum atomic E-state index is 0.209. The lowest BCUT2D eigenvalue weighted by atomic mass is 10.1. The third kappa shape index (κ3) is 1.69. The lowest BCUT2D eigenvalue weighted by molar-refractivity contribution is -0.110. The minimum absolute atomic E-state index is 0.209. The Morgan fingerprint density at radius 3 is 3.15 bits per heavy atom. The molecule has 2 rings (SSSR count). The summed E-state index contributed by atoms with van der Waals surface area (Å²) < 4.78 is 0. The maximum Gasteiger partial charge on any atom is 0.124 e. The maximum absolute atomic E-state index is 10.5. The first-order valence-electron chi connectivity index (χ1n) is 4.50. The van der Waals surface area contributed by atoms with Crippen molar-refractivity contribution in [2.45, 2.75) is 6.42 Å². The van der Waals surface area contributed by atoms with Gasteiger partial charge in [-0.15, -0.1) is 0 Å². The predicted molar refractivity (Wildman–Crippen MR) is 50.6 cm³/mol. The Labute approximate surface area is 77.4 Å². The van der Waals surface area contributed by atoms with Crippen LogP contribution >= 0.6 is 0 Å². The summed E-state index contributed by atoms with van der Waals surface area (Å²) in [6.07, 6.45) is 5.62. The zero-order chi connectivity index (χ0) is 9.10. The first-order valence-corrected chi connectivity index (χ1v) is 4.50. The van der Waals surface area contributed by atoms with Gasteiger partial charge in [0.1, 0.15) is 6.29 Å². The number of hydrogen-bond donors (Lipinski definition) is 0. The van der Waals surface area contributed by atoms with Crippen LogP contribution in [-0.4, -0.2) is 24.4 Å². The molecule has 2 heterocycles. The van der Waals surface area contributed by atoms with Gasteiger partial charge in [0.25, 0.3) is 0 Å². The van der Waals surface area contributed by atoms with Crippen LogP contribution in [0.2, 0.25) is 0 Å². The van der Waals surface area contributed by atoms with E-state index in [1.54, 1.807) is 6.20 Å². The largest absolute Gasteiger partial charge is 0.370 e. The minimum Gasteiger partial charge on any atom is -0.370 e. The van der Waals surface area contributed by atoms with Crippen molar-refractivity contribution < 1.29 is 4.79 Å². The Hall–Kier alpha value is -1.38. The van der Waals surface area contributed by atoms with Crippen LogP contribution in [0, 0.1) is 5.92 Å². The number of carbonyl (C=O) groups excluding carboxylic acids is 1. The molecule has 0 bridgehead atoms. The Kier molecular flexibility index (Phi) is 2.25. The number of aldehydes is 1. The van der Waals surface area contributed by atoms with Crippen LogP contribution in [0.1, 0.15) is 6.42 Å². The van der Waals surface area contributed by atoms with Gasteiger partial charge in [0.2, 0.25) is 0 Å². The van der Waals surface area contributed by atoms with Crippen LogP contribution in [0.4, 0.5) is 5.69 Å². The monoisotopic (exact) mass is 176 g/mol. The van der Waals surface area contributed by atoms with Crippen molar-refractivity contribution in [3.8, 4) is 0 Å². The Balaban J connectivity index is 2.08. The van der Waals surface area contributed by atoms with Crippen molar-refractivity contribution in [3.63, 3.8) is 0 Å². The Morgan fingerprint density at radius 1 is 1.62 bits per heavy atom. The van der Waals surface area contributed by atoms with Crippen LogP contribution in [0.15, 0.2) is 24.5 Å². The van der Waals surface area contributed by atoms with E-state index in [0.29, 0.717) is 0 Å². The molecule has 0 aromatic carbocycles. The summed E-state index contributed by atoms with van der Waals surface area (Å²) >= 11 is 0. The molecule has 1 aliphatic heterocycles. The van der Waals surface area contributed by atoms with Gasteiger partial charge in [-0.3, -0.25) is 4.98 Å². The van der Waals surface area contributed by atoms with Crippen molar-refractivity contribution in [3.05, 3.63) is 24.5 Å². The number of anilines is 1. The molecule has 1 aromatic rings. The smallest absolute Gasteiger partial charge is 0.124 e. The lowest BCUT2D eigenvalue weighted by Gasteiger charge is -2.16. The topological polar surface area (TPSA) is 33.2 Å². The van der Waals surface area contributed by atoms with E-state index in [1.807, 2.05) is 18.3 Å². The summed E-state index contributed by atoms with van der Waals surface area (Å²) in [6.45, 7) is 1.81. The van der Waals surface area contributed by atoms with Gasteiger partial charge in [-0.05, 0) is 18.6 Å². The average Bonchev–Trinajstić information content (AvgIpc) is 2.67. The second-order valence-electron chi connectivity index (χ2n) is 3.34. The molecule has 1 unspecified atom stereocenters. The zero-order valence-corrected chi connectivity index (χ0v) is 7.39. The van der Waals surface area contributed by atoms with Gasteiger partial charge in [-0.25, -0.2) is 0 Å². The molecule has 0 saturated carbocycles. The highest BCUT2D eigenvalue weighted by molar-refractivity contribution is 5.58. The van der Waals surface area contributed by atoms with E-state index in [0.717, 1.165) is 31.5 Å². The number of carbonyl (C=O) groups is 1. The summed E-state index contributed by atoms with van der Waals surface area (Å²) in [7, 11) is 0. The molecule has 1 fully saturated rings. The van der Waals surface area contributed by atoms with Crippen LogP contribution in [0.25, 0.3) is 0 Å². The van der Waals surface area contributed by atoms with Crippen molar-refractivity contribution in [1.29, 1.82) is 0 Å². The Morgan fingerprint density at radius 2 is 2.54 bits per heavy atom. The predicted octanol–water partition coefficient (Wildman–Crippen LogP) is 1.11. The molecule has 13 heavy (non-hydrogen) atoms. The molecule has 0 radical (unpaired) electrons.